The van der Waals surface area contributed by atoms with E-state index in [2.05, 4.69) is 28.6 Å². The van der Waals surface area contributed by atoms with Crippen molar-refractivity contribution >= 4 is 17.5 Å². The van der Waals surface area contributed by atoms with Crippen LogP contribution >= 0.6 is 0 Å². The SMILES string of the molecule is CN(C)Cc1ccc(C#CC#Cc2ccc(C(=O)N[C@@H](C(=N)C(F)F)C(=O)NO)cc2)cc1. The molecule has 0 saturated carbocycles. The Hall–Kier alpha value is -4.05. The summed E-state index contributed by atoms with van der Waals surface area (Å²) in [5.74, 6) is 9.02. The topological polar surface area (TPSA) is 106 Å². The van der Waals surface area contributed by atoms with E-state index >= 15 is 0 Å². The number of halogens is 2. The van der Waals surface area contributed by atoms with E-state index in [1.54, 1.807) is 0 Å². The third kappa shape index (κ3) is 7.86. The Kier molecular flexibility index (Phi) is 9.25. The van der Waals surface area contributed by atoms with E-state index in [1.165, 1.54) is 29.8 Å². The molecular weight excluding hydrogens is 430 g/mol. The quantitative estimate of drug-likeness (QED) is 0.223. The van der Waals surface area contributed by atoms with E-state index < -0.39 is 30.0 Å². The van der Waals surface area contributed by atoms with Crippen LogP contribution in [0.3, 0.4) is 0 Å². The van der Waals surface area contributed by atoms with Gasteiger partial charge in [0.2, 0.25) is 0 Å². The molecule has 9 heteroatoms. The van der Waals surface area contributed by atoms with Gasteiger partial charge in [-0.1, -0.05) is 24.0 Å². The fourth-order valence-corrected chi connectivity index (χ4v) is 2.66. The maximum Gasteiger partial charge on any atom is 0.278 e. The number of benzene rings is 2. The Morgan fingerprint density at radius 1 is 1.00 bits per heavy atom. The molecule has 7 nitrogen and oxygen atoms in total. The second kappa shape index (κ2) is 12.1. The highest BCUT2D eigenvalue weighted by Gasteiger charge is 2.30. The summed E-state index contributed by atoms with van der Waals surface area (Å²) in [4.78, 5) is 25.8. The molecule has 0 fully saturated rings. The molecule has 2 aromatic rings. The number of hydrogen-bond acceptors (Lipinski definition) is 5. The zero-order valence-corrected chi connectivity index (χ0v) is 17.9. The molecule has 0 bridgehead atoms. The lowest BCUT2D eigenvalue weighted by molar-refractivity contribution is -0.129. The molecule has 2 rings (SSSR count). The van der Waals surface area contributed by atoms with Gasteiger partial charge in [0.25, 0.3) is 18.2 Å². The van der Waals surface area contributed by atoms with Gasteiger partial charge in [-0.05, 0) is 67.9 Å². The maximum atomic E-state index is 12.7. The first-order valence-corrected chi connectivity index (χ1v) is 9.68. The normalized spacial score (nSPS) is 11.0. The van der Waals surface area contributed by atoms with Gasteiger partial charge in [0.1, 0.15) is 5.71 Å². The van der Waals surface area contributed by atoms with Crippen LogP contribution in [0.5, 0.6) is 0 Å². The van der Waals surface area contributed by atoms with Gasteiger partial charge < -0.3 is 15.6 Å². The Labute approximate surface area is 190 Å². The molecule has 1 atom stereocenters. The van der Waals surface area contributed by atoms with Crippen LogP contribution < -0.4 is 10.8 Å². The van der Waals surface area contributed by atoms with Gasteiger partial charge in [0, 0.05) is 23.2 Å². The smallest absolute Gasteiger partial charge is 0.278 e. The molecule has 0 heterocycles. The van der Waals surface area contributed by atoms with Crippen molar-refractivity contribution in [1.29, 1.82) is 5.41 Å². The molecule has 0 spiro atoms. The van der Waals surface area contributed by atoms with Crippen LogP contribution in [-0.2, 0) is 11.3 Å². The molecule has 0 unspecified atom stereocenters. The standard InChI is InChI=1S/C24H22F2N4O3/c1-30(2)15-18-9-7-16(8-10-18)5-3-4-6-17-11-13-19(14-12-17)23(31)28-21(24(32)29-33)20(27)22(25)26/h7-14,21-22,27,33H,15H2,1-2H3,(H,28,31)(H,29,32)/t21-/m0/s1. The maximum absolute atomic E-state index is 12.7. The zero-order chi connectivity index (χ0) is 24.4. The molecule has 4 N–H and O–H groups in total. The highest BCUT2D eigenvalue weighted by Crippen LogP contribution is 2.07. The molecule has 0 aliphatic carbocycles. The first kappa shape index (κ1) is 25.2. The van der Waals surface area contributed by atoms with Crippen LogP contribution in [0.2, 0.25) is 0 Å². The van der Waals surface area contributed by atoms with Crippen LogP contribution in [0.1, 0.15) is 27.0 Å². The molecular formula is C24H22F2N4O3. The monoisotopic (exact) mass is 452 g/mol. The zero-order valence-electron chi connectivity index (χ0n) is 17.9. The van der Waals surface area contributed by atoms with Crippen molar-refractivity contribution in [3.63, 3.8) is 0 Å². The Bertz CT molecular complexity index is 1120. The predicted octanol–water partition coefficient (Wildman–Crippen LogP) is 2.04. The number of carbonyl (C=O) groups is 2. The van der Waals surface area contributed by atoms with E-state index in [-0.39, 0.29) is 5.56 Å². The summed E-state index contributed by atoms with van der Waals surface area (Å²) in [6, 6.07) is 11.6. The Balaban J connectivity index is 2.03. The van der Waals surface area contributed by atoms with Gasteiger partial charge in [-0.2, -0.15) is 0 Å². The summed E-state index contributed by atoms with van der Waals surface area (Å²) in [5, 5.41) is 17.9. The fourth-order valence-electron chi connectivity index (χ4n) is 2.66. The molecule has 0 aromatic heterocycles. The third-order valence-electron chi connectivity index (χ3n) is 4.27. The highest BCUT2D eigenvalue weighted by molar-refractivity contribution is 6.11. The minimum Gasteiger partial charge on any atom is -0.335 e. The van der Waals surface area contributed by atoms with Gasteiger partial charge in [0.05, 0.1) is 0 Å². The van der Waals surface area contributed by atoms with E-state index in [1.807, 2.05) is 43.7 Å². The first-order chi connectivity index (χ1) is 15.7. The van der Waals surface area contributed by atoms with Crippen LogP contribution in [0, 0.1) is 29.1 Å². The minimum absolute atomic E-state index is 0.0576. The molecule has 0 aliphatic rings. The lowest BCUT2D eigenvalue weighted by atomic mass is 10.1. The molecule has 33 heavy (non-hydrogen) atoms. The largest absolute Gasteiger partial charge is 0.335 e. The Morgan fingerprint density at radius 3 is 1.97 bits per heavy atom. The van der Waals surface area contributed by atoms with Gasteiger partial charge in [-0.25, -0.2) is 14.3 Å². The lowest BCUT2D eigenvalue weighted by Gasteiger charge is -2.17. The summed E-state index contributed by atoms with van der Waals surface area (Å²) in [5.41, 5.74) is 2.44. The van der Waals surface area contributed by atoms with Crippen molar-refractivity contribution in [3.05, 3.63) is 70.8 Å². The van der Waals surface area contributed by atoms with Crippen molar-refractivity contribution in [2.75, 3.05) is 14.1 Å². The van der Waals surface area contributed by atoms with Gasteiger partial charge in [-0.3, -0.25) is 14.8 Å². The highest BCUT2D eigenvalue weighted by atomic mass is 19.3. The molecule has 0 aliphatic heterocycles. The lowest BCUT2D eigenvalue weighted by Crippen LogP contribution is -2.52. The molecule has 2 amide bonds. The number of nitrogens with zero attached hydrogens (tertiary/aromatic N) is 1. The van der Waals surface area contributed by atoms with E-state index in [4.69, 9.17) is 10.6 Å². The average molecular weight is 452 g/mol. The second-order valence-corrected chi connectivity index (χ2v) is 7.15. The number of carbonyl (C=O) groups excluding carboxylic acids is 2. The van der Waals surface area contributed by atoms with Gasteiger partial charge in [0.15, 0.2) is 6.04 Å². The summed E-state index contributed by atoms with van der Waals surface area (Å²) in [6.45, 7) is 0.839. The number of amides is 2. The molecule has 0 radical (unpaired) electrons. The van der Waals surface area contributed by atoms with E-state index in [9.17, 15) is 18.4 Å². The van der Waals surface area contributed by atoms with Crippen molar-refractivity contribution in [3.8, 4) is 23.7 Å². The third-order valence-corrected chi connectivity index (χ3v) is 4.27. The number of alkyl halides is 2. The van der Waals surface area contributed by atoms with E-state index in [0.717, 1.165) is 17.6 Å². The number of rotatable bonds is 7. The minimum atomic E-state index is -3.28. The van der Waals surface area contributed by atoms with Crippen molar-refractivity contribution in [2.24, 2.45) is 0 Å². The average Bonchev–Trinajstić information content (AvgIpc) is 2.80. The fraction of sp³-hybridized carbons (Fsp3) is 0.208. The molecule has 2 aromatic carbocycles. The van der Waals surface area contributed by atoms with Crippen molar-refractivity contribution in [1.82, 2.24) is 15.7 Å². The van der Waals surface area contributed by atoms with Crippen molar-refractivity contribution < 1.29 is 23.6 Å². The van der Waals surface area contributed by atoms with Crippen LogP contribution in [0.4, 0.5) is 8.78 Å². The summed E-state index contributed by atoms with van der Waals surface area (Å²) >= 11 is 0. The molecule has 0 saturated heterocycles. The predicted molar refractivity (Wildman–Crippen MR) is 119 cm³/mol. The van der Waals surface area contributed by atoms with Crippen LogP contribution in [0.25, 0.3) is 0 Å². The van der Waals surface area contributed by atoms with Gasteiger partial charge >= 0.3 is 0 Å². The Morgan fingerprint density at radius 2 is 1.52 bits per heavy atom. The number of nitrogens with one attached hydrogen (secondary N) is 3. The summed E-state index contributed by atoms with van der Waals surface area (Å²) < 4.78 is 25.5. The molecule has 170 valence electrons. The van der Waals surface area contributed by atoms with E-state index in [0.29, 0.717) is 5.56 Å². The number of hydrogen-bond donors (Lipinski definition) is 4. The second-order valence-electron chi connectivity index (χ2n) is 7.15. The van der Waals surface area contributed by atoms with Crippen LogP contribution in [-0.4, -0.2) is 54.2 Å². The summed E-state index contributed by atoms with van der Waals surface area (Å²) in [7, 11) is 3.99. The summed E-state index contributed by atoms with van der Waals surface area (Å²) in [6.07, 6.45) is -3.28. The van der Waals surface area contributed by atoms with Gasteiger partial charge in [-0.15, -0.1) is 0 Å². The van der Waals surface area contributed by atoms with Crippen molar-refractivity contribution in [2.45, 2.75) is 19.0 Å². The number of hydroxylamine groups is 1. The first-order valence-electron chi connectivity index (χ1n) is 9.68. The van der Waals surface area contributed by atoms with Crippen LogP contribution in [0.15, 0.2) is 48.5 Å².